The molecule has 0 saturated heterocycles. The molecule has 1 radical (unpaired) electrons. The van der Waals surface area contributed by atoms with Gasteiger partial charge in [0.2, 0.25) is 6.43 Å². The highest BCUT2D eigenvalue weighted by atomic mass is 19.3. The van der Waals surface area contributed by atoms with Crippen LogP contribution in [0.5, 0.6) is 0 Å². The van der Waals surface area contributed by atoms with Crippen molar-refractivity contribution in [2.45, 2.75) is 19.3 Å². The first-order valence-corrected chi connectivity index (χ1v) is 3.95. The van der Waals surface area contributed by atoms with Crippen LogP contribution in [-0.4, -0.2) is 6.43 Å². The van der Waals surface area contributed by atoms with Gasteiger partial charge in [-0.05, 0) is 6.42 Å². The van der Waals surface area contributed by atoms with E-state index in [1.807, 2.05) is 0 Å². The molecule has 0 nitrogen and oxygen atoms in total. The summed E-state index contributed by atoms with van der Waals surface area (Å²) in [6.45, 7) is 0. The normalized spacial score (nSPS) is 11.1. The van der Waals surface area contributed by atoms with Crippen LogP contribution in [0.25, 0.3) is 0 Å². The molecular formula is C9H5F6. The minimum atomic E-state index is -2.77. The van der Waals surface area contributed by atoms with Gasteiger partial charge in [0.15, 0.2) is 17.5 Å². The third kappa shape index (κ3) is 2.64. The van der Waals surface area contributed by atoms with Crippen LogP contribution in [-0.2, 0) is 6.42 Å². The van der Waals surface area contributed by atoms with Crippen molar-refractivity contribution in [1.82, 2.24) is 0 Å². The number of hydrogen-bond acceptors (Lipinski definition) is 0. The number of halogens is 6. The molecule has 0 aliphatic rings. The Morgan fingerprint density at radius 2 is 1.53 bits per heavy atom. The van der Waals surface area contributed by atoms with E-state index in [9.17, 15) is 26.3 Å². The van der Waals surface area contributed by atoms with Gasteiger partial charge in [-0.25, -0.2) is 26.3 Å². The Labute approximate surface area is 81.5 Å². The third-order valence-corrected chi connectivity index (χ3v) is 1.75. The fraction of sp³-hybridized carbons (Fsp3) is 0.333. The SMILES string of the molecule is Fc1[c]c(F)c(CCC(F)F)c(F)c1F. The van der Waals surface area contributed by atoms with Gasteiger partial charge in [-0.2, -0.15) is 0 Å². The van der Waals surface area contributed by atoms with E-state index in [-0.39, 0.29) is 0 Å². The maximum atomic E-state index is 12.9. The molecule has 1 aromatic rings. The Balaban J connectivity index is 3.02. The molecule has 0 saturated carbocycles. The Morgan fingerprint density at radius 3 is 2.07 bits per heavy atom. The summed E-state index contributed by atoms with van der Waals surface area (Å²) < 4.78 is 74.1. The molecule has 83 valence electrons. The van der Waals surface area contributed by atoms with Crippen molar-refractivity contribution in [3.63, 3.8) is 0 Å². The largest absolute Gasteiger partial charge is 0.239 e. The molecular weight excluding hydrogens is 222 g/mol. The zero-order valence-electron chi connectivity index (χ0n) is 7.26. The fourth-order valence-corrected chi connectivity index (χ4v) is 1.02. The number of alkyl halides is 2. The molecule has 6 heteroatoms. The molecule has 15 heavy (non-hydrogen) atoms. The van der Waals surface area contributed by atoms with Crippen LogP contribution in [0.4, 0.5) is 26.3 Å². The summed E-state index contributed by atoms with van der Waals surface area (Å²) in [4.78, 5) is 0. The molecule has 0 aliphatic carbocycles. The number of hydrogen-bond donors (Lipinski definition) is 0. The van der Waals surface area contributed by atoms with Crippen molar-refractivity contribution in [2.75, 3.05) is 0 Å². The van der Waals surface area contributed by atoms with Gasteiger partial charge in [0.25, 0.3) is 0 Å². The van der Waals surface area contributed by atoms with E-state index in [2.05, 4.69) is 0 Å². The molecule has 0 spiro atoms. The van der Waals surface area contributed by atoms with Crippen LogP contribution in [0, 0.1) is 29.3 Å². The Hall–Kier alpha value is -1.20. The predicted octanol–water partition coefficient (Wildman–Crippen LogP) is 3.24. The molecule has 0 N–H and O–H groups in total. The van der Waals surface area contributed by atoms with Gasteiger partial charge < -0.3 is 0 Å². The second-order valence-corrected chi connectivity index (χ2v) is 2.79. The molecule has 0 aliphatic heterocycles. The van der Waals surface area contributed by atoms with Crippen molar-refractivity contribution in [2.24, 2.45) is 0 Å². The van der Waals surface area contributed by atoms with Gasteiger partial charge in [-0.15, -0.1) is 0 Å². The summed E-state index contributed by atoms with van der Waals surface area (Å²) in [5.41, 5.74) is -0.908. The lowest BCUT2D eigenvalue weighted by Crippen LogP contribution is -2.05. The average molecular weight is 227 g/mol. The highest BCUT2D eigenvalue weighted by molar-refractivity contribution is 5.21. The lowest BCUT2D eigenvalue weighted by Gasteiger charge is -2.05. The molecule has 0 unspecified atom stereocenters. The van der Waals surface area contributed by atoms with Crippen molar-refractivity contribution < 1.29 is 26.3 Å². The quantitative estimate of drug-likeness (QED) is 0.422. The van der Waals surface area contributed by atoms with Gasteiger partial charge in [-0.1, -0.05) is 0 Å². The van der Waals surface area contributed by atoms with E-state index < -0.39 is 48.1 Å². The molecule has 1 aromatic carbocycles. The summed E-state index contributed by atoms with van der Waals surface area (Å²) in [5, 5.41) is 0. The van der Waals surface area contributed by atoms with E-state index in [0.717, 1.165) is 0 Å². The average Bonchev–Trinajstić information content (AvgIpc) is 2.14. The number of benzene rings is 1. The summed E-state index contributed by atoms with van der Waals surface area (Å²) >= 11 is 0. The van der Waals surface area contributed by atoms with Crippen molar-refractivity contribution in [1.29, 1.82) is 0 Å². The van der Waals surface area contributed by atoms with Crippen LogP contribution in [0.3, 0.4) is 0 Å². The smallest absolute Gasteiger partial charge is 0.211 e. The second-order valence-electron chi connectivity index (χ2n) is 2.79. The molecule has 0 fully saturated rings. The zero-order chi connectivity index (χ0) is 11.6. The maximum absolute atomic E-state index is 12.9. The molecule has 0 amide bonds. The van der Waals surface area contributed by atoms with Crippen LogP contribution in [0.15, 0.2) is 0 Å². The molecule has 0 aromatic heterocycles. The zero-order valence-corrected chi connectivity index (χ0v) is 7.26. The molecule has 1 rings (SSSR count). The monoisotopic (exact) mass is 227 g/mol. The van der Waals surface area contributed by atoms with Gasteiger partial charge in [0.05, 0.1) is 6.07 Å². The molecule has 0 bridgehead atoms. The van der Waals surface area contributed by atoms with Crippen LogP contribution < -0.4 is 0 Å². The summed E-state index contributed by atoms with van der Waals surface area (Å²) in [6, 6.07) is 1.28. The van der Waals surface area contributed by atoms with Crippen LogP contribution in [0.2, 0.25) is 0 Å². The number of rotatable bonds is 3. The van der Waals surface area contributed by atoms with E-state index in [4.69, 9.17) is 0 Å². The lowest BCUT2D eigenvalue weighted by molar-refractivity contribution is 0.137. The summed E-state index contributed by atoms with van der Waals surface area (Å²) in [6.07, 6.45) is -4.30. The van der Waals surface area contributed by atoms with Crippen LogP contribution in [0.1, 0.15) is 12.0 Å². The minimum Gasteiger partial charge on any atom is -0.211 e. The Kier molecular flexibility index (Phi) is 3.60. The van der Waals surface area contributed by atoms with Gasteiger partial charge in [-0.3, -0.25) is 0 Å². The van der Waals surface area contributed by atoms with Crippen molar-refractivity contribution in [3.05, 3.63) is 34.9 Å². The predicted molar refractivity (Wildman–Crippen MR) is 39.4 cm³/mol. The fourth-order valence-electron chi connectivity index (χ4n) is 1.02. The van der Waals surface area contributed by atoms with Gasteiger partial charge >= 0.3 is 0 Å². The third-order valence-electron chi connectivity index (χ3n) is 1.75. The van der Waals surface area contributed by atoms with Crippen molar-refractivity contribution in [3.8, 4) is 0 Å². The van der Waals surface area contributed by atoms with E-state index in [0.29, 0.717) is 0 Å². The Bertz CT molecular complexity index is 360. The standard InChI is InChI=1S/C9H5F6/c10-5-3-6(11)9(15)8(14)4(5)1-2-7(12)13/h7H,1-2H2. The van der Waals surface area contributed by atoms with E-state index >= 15 is 0 Å². The van der Waals surface area contributed by atoms with Crippen LogP contribution >= 0.6 is 0 Å². The maximum Gasteiger partial charge on any atom is 0.239 e. The molecule has 0 heterocycles. The van der Waals surface area contributed by atoms with Gasteiger partial charge in [0, 0.05) is 12.0 Å². The van der Waals surface area contributed by atoms with E-state index in [1.54, 1.807) is 0 Å². The second kappa shape index (κ2) is 4.55. The lowest BCUT2D eigenvalue weighted by atomic mass is 10.1. The first kappa shape index (κ1) is 11.9. The minimum absolute atomic E-state index is 0.705. The first-order chi connectivity index (χ1) is 6.93. The highest BCUT2D eigenvalue weighted by Gasteiger charge is 2.20. The van der Waals surface area contributed by atoms with E-state index in [1.165, 1.54) is 6.07 Å². The summed E-state index contributed by atoms with van der Waals surface area (Å²) in [7, 11) is 0. The van der Waals surface area contributed by atoms with Gasteiger partial charge in [0.1, 0.15) is 5.82 Å². The Morgan fingerprint density at radius 1 is 0.933 bits per heavy atom. The molecule has 0 atom stereocenters. The first-order valence-electron chi connectivity index (χ1n) is 3.95. The summed E-state index contributed by atoms with van der Waals surface area (Å²) in [5.74, 6) is -6.96. The topological polar surface area (TPSA) is 0 Å². The van der Waals surface area contributed by atoms with Crippen molar-refractivity contribution >= 4 is 0 Å². The highest BCUT2D eigenvalue weighted by Crippen LogP contribution is 2.20.